The first-order valence-electron chi connectivity index (χ1n) is 8.83. The van der Waals surface area contributed by atoms with Crippen molar-refractivity contribution in [1.29, 1.82) is 0 Å². The van der Waals surface area contributed by atoms with E-state index < -0.39 is 0 Å². The van der Waals surface area contributed by atoms with Gasteiger partial charge in [-0.3, -0.25) is 4.57 Å². The Labute approximate surface area is 146 Å². The zero-order valence-electron chi connectivity index (χ0n) is 14.8. The predicted molar refractivity (Wildman–Crippen MR) is 99.7 cm³/mol. The Balaban J connectivity index is 1.64. The third kappa shape index (κ3) is 2.89. The minimum absolute atomic E-state index is 0.400. The Morgan fingerprint density at radius 2 is 2.24 bits per heavy atom. The monoisotopic (exact) mass is 340 g/mol. The number of fused-ring (bicyclic) bond motifs is 3. The number of hydrogen-bond acceptors (Lipinski definition) is 5. The molecule has 7 nitrogen and oxygen atoms in total. The summed E-state index contributed by atoms with van der Waals surface area (Å²) in [7, 11) is 3.53. The predicted octanol–water partition coefficient (Wildman–Crippen LogP) is 2.65. The van der Waals surface area contributed by atoms with Crippen LogP contribution >= 0.6 is 0 Å². The van der Waals surface area contributed by atoms with Gasteiger partial charge in [-0.15, -0.1) is 0 Å². The number of rotatable bonds is 5. The molecule has 1 aliphatic rings. The van der Waals surface area contributed by atoms with Crippen LogP contribution in [0.25, 0.3) is 22.1 Å². The van der Waals surface area contributed by atoms with Gasteiger partial charge in [0, 0.05) is 44.3 Å². The molecule has 0 atom stereocenters. The molecule has 4 heterocycles. The fourth-order valence-corrected chi connectivity index (χ4v) is 3.82. The van der Waals surface area contributed by atoms with Crippen molar-refractivity contribution in [2.75, 3.05) is 33.8 Å². The number of ether oxygens (including phenoxy) is 1. The van der Waals surface area contributed by atoms with Crippen LogP contribution in [0.3, 0.4) is 0 Å². The summed E-state index contributed by atoms with van der Waals surface area (Å²) in [6.07, 6.45) is 8.96. The standard InChI is InChI=1S/C18H24N6O/c1-19-7-3-9-23-10-5-13(6-11-23)24-16-14-4-8-20-17(14)21-12-15(16)22-18(24)25-2/h4,7-8,12-13H,3,5-6,9-11H2,1-2H3,(H,20,21). The molecule has 1 fully saturated rings. The van der Waals surface area contributed by atoms with Gasteiger partial charge in [0.25, 0.3) is 6.01 Å². The number of aromatic amines is 1. The van der Waals surface area contributed by atoms with Gasteiger partial charge in [-0.05, 0) is 31.5 Å². The van der Waals surface area contributed by atoms with Gasteiger partial charge in [0.2, 0.25) is 0 Å². The fraction of sp³-hybridized carbons (Fsp3) is 0.500. The third-order valence-corrected chi connectivity index (χ3v) is 5.06. The lowest BCUT2D eigenvalue weighted by Gasteiger charge is -2.33. The molecule has 3 aromatic heterocycles. The van der Waals surface area contributed by atoms with E-state index in [1.54, 1.807) is 7.11 Å². The maximum absolute atomic E-state index is 5.60. The van der Waals surface area contributed by atoms with Crippen molar-refractivity contribution >= 4 is 28.3 Å². The van der Waals surface area contributed by atoms with E-state index in [2.05, 4.69) is 35.5 Å². The second kappa shape index (κ2) is 6.84. The van der Waals surface area contributed by atoms with E-state index in [0.717, 1.165) is 61.0 Å². The van der Waals surface area contributed by atoms with E-state index >= 15 is 0 Å². The summed E-state index contributed by atoms with van der Waals surface area (Å²) in [4.78, 5) is 18.9. The van der Waals surface area contributed by atoms with Crippen LogP contribution in [0.2, 0.25) is 0 Å². The van der Waals surface area contributed by atoms with Crippen molar-refractivity contribution in [1.82, 2.24) is 24.4 Å². The van der Waals surface area contributed by atoms with Crippen molar-refractivity contribution in [2.24, 2.45) is 4.99 Å². The van der Waals surface area contributed by atoms with Crippen LogP contribution in [0, 0.1) is 0 Å². The number of piperidine rings is 1. The minimum Gasteiger partial charge on any atom is -0.468 e. The molecule has 0 unspecified atom stereocenters. The van der Waals surface area contributed by atoms with Gasteiger partial charge in [0.05, 0.1) is 18.8 Å². The van der Waals surface area contributed by atoms with E-state index in [0.29, 0.717) is 12.1 Å². The third-order valence-electron chi connectivity index (χ3n) is 5.06. The summed E-state index contributed by atoms with van der Waals surface area (Å²) in [6, 6.07) is 3.15. The lowest BCUT2D eigenvalue weighted by Crippen LogP contribution is -2.35. The molecule has 1 N–H and O–H groups in total. The molecule has 25 heavy (non-hydrogen) atoms. The van der Waals surface area contributed by atoms with Crippen molar-refractivity contribution in [2.45, 2.75) is 25.3 Å². The number of aromatic nitrogens is 4. The highest BCUT2D eigenvalue weighted by atomic mass is 16.5. The Hall–Kier alpha value is -2.41. The van der Waals surface area contributed by atoms with Gasteiger partial charge in [0.1, 0.15) is 11.2 Å². The molecule has 0 saturated carbocycles. The second-order valence-corrected chi connectivity index (χ2v) is 6.50. The highest BCUT2D eigenvalue weighted by Crippen LogP contribution is 2.34. The van der Waals surface area contributed by atoms with Crippen LogP contribution in [0.15, 0.2) is 23.5 Å². The van der Waals surface area contributed by atoms with E-state index in [1.165, 1.54) is 0 Å². The lowest BCUT2D eigenvalue weighted by atomic mass is 10.0. The van der Waals surface area contributed by atoms with Crippen LogP contribution in [-0.4, -0.2) is 64.4 Å². The summed E-state index contributed by atoms with van der Waals surface area (Å²) >= 11 is 0. The summed E-state index contributed by atoms with van der Waals surface area (Å²) < 4.78 is 7.87. The van der Waals surface area contributed by atoms with Gasteiger partial charge in [0.15, 0.2) is 0 Å². The molecule has 1 saturated heterocycles. The molecular weight excluding hydrogens is 316 g/mol. The van der Waals surface area contributed by atoms with Gasteiger partial charge in [-0.1, -0.05) is 0 Å². The molecular formula is C18H24N6O. The van der Waals surface area contributed by atoms with E-state index in [9.17, 15) is 0 Å². The molecule has 0 spiro atoms. The summed E-state index contributed by atoms with van der Waals surface area (Å²) in [5.74, 6) is 0. The number of imidazole rings is 1. The van der Waals surface area contributed by atoms with Crippen LogP contribution in [0.4, 0.5) is 0 Å². The number of aliphatic imine (C=N–C) groups is 1. The Morgan fingerprint density at radius 1 is 1.40 bits per heavy atom. The van der Waals surface area contributed by atoms with Crippen molar-refractivity contribution in [3.63, 3.8) is 0 Å². The van der Waals surface area contributed by atoms with Crippen LogP contribution in [-0.2, 0) is 0 Å². The Morgan fingerprint density at radius 3 is 3.00 bits per heavy atom. The summed E-state index contributed by atoms with van der Waals surface area (Å²) in [6.45, 7) is 3.26. The smallest absolute Gasteiger partial charge is 0.297 e. The lowest BCUT2D eigenvalue weighted by molar-refractivity contribution is 0.185. The number of methoxy groups -OCH3 is 1. The van der Waals surface area contributed by atoms with Gasteiger partial charge in [-0.25, -0.2) is 4.98 Å². The maximum Gasteiger partial charge on any atom is 0.297 e. The molecule has 0 aliphatic carbocycles. The van der Waals surface area contributed by atoms with E-state index in [-0.39, 0.29) is 0 Å². The molecule has 1 aliphatic heterocycles. The van der Waals surface area contributed by atoms with Crippen molar-refractivity contribution < 1.29 is 4.74 Å². The summed E-state index contributed by atoms with van der Waals surface area (Å²) in [5, 5.41) is 1.11. The van der Waals surface area contributed by atoms with E-state index in [1.807, 2.05) is 25.7 Å². The molecule has 4 rings (SSSR count). The number of likely N-dealkylation sites (tertiary alicyclic amines) is 1. The maximum atomic E-state index is 5.60. The quantitative estimate of drug-likeness (QED) is 0.725. The topological polar surface area (TPSA) is 71.3 Å². The average Bonchev–Trinajstić information content (AvgIpc) is 3.26. The first kappa shape index (κ1) is 16.1. The number of hydrogen-bond donors (Lipinski definition) is 1. The van der Waals surface area contributed by atoms with Crippen LogP contribution in [0.1, 0.15) is 25.3 Å². The van der Waals surface area contributed by atoms with Gasteiger partial charge < -0.3 is 19.6 Å². The van der Waals surface area contributed by atoms with Gasteiger partial charge >= 0.3 is 0 Å². The molecule has 0 radical (unpaired) electrons. The highest BCUT2D eigenvalue weighted by Gasteiger charge is 2.26. The zero-order valence-corrected chi connectivity index (χ0v) is 14.8. The Bertz CT molecular complexity index is 888. The molecule has 3 aromatic rings. The van der Waals surface area contributed by atoms with Crippen molar-refractivity contribution in [3.05, 3.63) is 18.5 Å². The SMILES string of the molecule is CN=CCCN1CCC(n2c(OC)nc3cnc4[nH]ccc4c32)CC1. The first-order chi connectivity index (χ1) is 12.3. The van der Waals surface area contributed by atoms with E-state index in [4.69, 9.17) is 4.74 Å². The number of nitrogens with zero attached hydrogens (tertiary/aromatic N) is 5. The molecule has 7 heteroatoms. The van der Waals surface area contributed by atoms with Crippen LogP contribution < -0.4 is 4.74 Å². The summed E-state index contributed by atoms with van der Waals surface area (Å²) in [5.41, 5.74) is 2.91. The minimum atomic E-state index is 0.400. The Kier molecular flexibility index (Phi) is 4.40. The zero-order chi connectivity index (χ0) is 17.2. The van der Waals surface area contributed by atoms with Crippen molar-refractivity contribution in [3.8, 4) is 6.01 Å². The van der Waals surface area contributed by atoms with Crippen LogP contribution in [0.5, 0.6) is 6.01 Å². The fourth-order valence-electron chi connectivity index (χ4n) is 3.82. The molecule has 132 valence electrons. The second-order valence-electron chi connectivity index (χ2n) is 6.50. The molecule has 0 bridgehead atoms. The average molecular weight is 340 g/mol. The number of pyridine rings is 1. The highest BCUT2D eigenvalue weighted by molar-refractivity contribution is 6.01. The number of nitrogens with one attached hydrogen (secondary N) is 1. The molecule has 0 amide bonds. The number of H-pyrrole nitrogens is 1. The molecule has 0 aromatic carbocycles. The van der Waals surface area contributed by atoms with Gasteiger partial charge in [-0.2, -0.15) is 4.98 Å². The normalized spacial score (nSPS) is 17.2. The first-order valence-corrected chi connectivity index (χ1v) is 8.83. The largest absolute Gasteiger partial charge is 0.468 e.